The maximum atomic E-state index is 12.9. The van der Waals surface area contributed by atoms with Crippen LogP contribution in [0.4, 0.5) is 0 Å². The Morgan fingerprint density at radius 3 is 2.03 bits per heavy atom. The summed E-state index contributed by atoms with van der Waals surface area (Å²) in [6, 6.07) is 18.6. The van der Waals surface area contributed by atoms with Crippen molar-refractivity contribution < 1.29 is 4.79 Å². The van der Waals surface area contributed by atoms with Crippen LogP contribution in [0, 0.1) is 35.0 Å². The predicted molar refractivity (Wildman–Crippen MR) is 133 cm³/mol. The molecule has 5 heteroatoms. The third kappa shape index (κ3) is 5.13. The highest BCUT2D eigenvalue weighted by atomic mass is 32.2. The highest BCUT2D eigenvalue weighted by molar-refractivity contribution is 7.97. The first kappa shape index (κ1) is 22.5. The molecule has 2 N–H and O–H groups in total. The van der Waals surface area contributed by atoms with E-state index in [1.54, 1.807) is 11.9 Å². The van der Waals surface area contributed by atoms with Crippen LogP contribution < -0.4 is 10.0 Å². The molecule has 0 saturated heterocycles. The first-order chi connectivity index (χ1) is 15.9. The van der Waals surface area contributed by atoms with Crippen molar-refractivity contribution in [1.29, 1.82) is 5.26 Å². The molecule has 33 heavy (non-hydrogen) atoms. The normalized spacial score (nSPS) is 27.8. The van der Waals surface area contributed by atoms with Crippen molar-refractivity contribution in [2.45, 2.75) is 68.8 Å². The number of benzene rings is 2. The molecule has 4 fully saturated rings. The van der Waals surface area contributed by atoms with E-state index in [1.165, 1.54) is 32.1 Å². The van der Waals surface area contributed by atoms with Crippen LogP contribution >= 0.6 is 11.9 Å². The van der Waals surface area contributed by atoms with Gasteiger partial charge < -0.3 is 5.32 Å². The Morgan fingerprint density at radius 2 is 1.48 bits per heavy atom. The number of nitrogens with one attached hydrogen (secondary N) is 2. The zero-order valence-electron chi connectivity index (χ0n) is 19.5. The summed E-state index contributed by atoms with van der Waals surface area (Å²) in [6.07, 6.45) is 7.23. The number of rotatable bonds is 7. The van der Waals surface area contributed by atoms with Crippen LogP contribution in [0.1, 0.15) is 57.9 Å². The van der Waals surface area contributed by atoms with Gasteiger partial charge in [0, 0.05) is 22.9 Å². The van der Waals surface area contributed by atoms with E-state index in [-0.39, 0.29) is 11.4 Å². The smallest absolute Gasteiger partial charge is 0.222 e. The van der Waals surface area contributed by atoms with E-state index >= 15 is 0 Å². The van der Waals surface area contributed by atoms with Gasteiger partial charge in [-0.3, -0.25) is 9.52 Å². The van der Waals surface area contributed by atoms with E-state index in [4.69, 9.17) is 5.26 Å². The maximum Gasteiger partial charge on any atom is 0.222 e. The molecule has 6 rings (SSSR count). The molecule has 0 aromatic heterocycles. The van der Waals surface area contributed by atoms with Gasteiger partial charge in [-0.25, -0.2) is 0 Å². The molecule has 2 aromatic carbocycles. The number of carbonyl (C=O) groups excluding carboxylic acids is 1. The SMILES string of the molecule is CC(C)(CC(=O)NC1C2CC3CC(C2)CC1C3)NSc1ccc(-c2ccc(C#N)cc2)cc1. The molecule has 4 saturated carbocycles. The molecule has 1 amide bonds. The number of nitrogens with zero attached hydrogens (tertiary/aromatic N) is 1. The third-order valence-corrected chi connectivity index (χ3v) is 8.97. The molecule has 0 heterocycles. The zero-order chi connectivity index (χ0) is 23.0. The second-order valence-electron chi connectivity index (χ2n) is 11.0. The number of carbonyl (C=O) groups is 1. The Labute approximate surface area is 201 Å². The second-order valence-corrected chi connectivity index (χ2v) is 11.9. The lowest BCUT2D eigenvalue weighted by Gasteiger charge is -2.54. The van der Waals surface area contributed by atoms with Crippen molar-refractivity contribution in [2.24, 2.45) is 23.7 Å². The fourth-order valence-electron chi connectivity index (χ4n) is 6.48. The minimum atomic E-state index is -0.299. The van der Waals surface area contributed by atoms with Crippen LogP contribution in [0.15, 0.2) is 53.4 Å². The van der Waals surface area contributed by atoms with Gasteiger partial charge in [0.15, 0.2) is 0 Å². The molecule has 4 aliphatic rings. The average Bonchev–Trinajstić information content (AvgIpc) is 2.80. The van der Waals surface area contributed by atoms with E-state index in [9.17, 15) is 4.79 Å². The summed E-state index contributed by atoms with van der Waals surface area (Å²) < 4.78 is 3.50. The molecular formula is C28H33N3OS. The second kappa shape index (κ2) is 9.16. The molecule has 0 atom stereocenters. The molecule has 4 bridgehead atoms. The molecular weight excluding hydrogens is 426 g/mol. The van der Waals surface area contributed by atoms with Crippen LogP contribution in [0.2, 0.25) is 0 Å². The van der Waals surface area contributed by atoms with E-state index in [1.807, 2.05) is 24.3 Å². The van der Waals surface area contributed by atoms with Crippen molar-refractivity contribution in [3.05, 3.63) is 54.1 Å². The minimum Gasteiger partial charge on any atom is -0.353 e. The average molecular weight is 460 g/mol. The van der Waals surface area contributed by atoms with Gasteiger partial charge in [0.25, 0.3) is 0 Å². The van der Waals surface area contributed by atoms with Gasteiger partial charge in [-0.05, 0) is 117 Å². The van der Waals surface area contributed by atoms with Gasteiger partial charge in [-0.2, -0.15) is 5.26 Å². The zero-order valence-corrected chi connectivity index (χ0v) is 20.3. The standard InChI is InChI=1S/C28H33N3OS/c1-28(2,16-26(32)30-27-23-12-19-11-20(14-23)15-24(27)13-19)31-33-25-9-7-22(8-10-25)21-5-3-18(17-29)4-6-21/h3-10,19-20,23-24,27,31H,11-16H2,1-2H3,(H,30,32). The Hall–Kier alpha value is -2.29. The summed E-state index contributed by atoms with van der Waals surface area (Å²) in [5.74, 6) is 3.47. The summed E-state index contributed by atoms with van der Waals surface area (Å²) in [6.45, 7) is 4.20. The molecule has 0 radical (unpaired) electrons. The minimum absolute atomic E-state index is 0.182. The van der Waals surface area contributed by atoms with E-state index in [2.05, 4.69) is 54.2 Å². The van der Waals surface area contributed by atoms with Crippen LogP contribution in [0.5, 0.6) is 0 Å². The first-order valence-corrected chi connectivity index (χ1v) is 13.0. The monoisotopic (exact) mass is 459 g/mol. The van der Waals surface area contributed by atoms with Crippen LogP contribution in [-0.2, 0) is 4.79 Å². The van der Waals surface area contributed by atoms with Gasteiger partial charge in [0.1, 0.15) is 0 Å². The molecule has 0 unspecified atom stereocenters. The van der Waals surface area contributed by atoms with Crippen molar-refractivity contribution in [3.8, 4) is 17.2 Å². The lowest BCUT2D eigenvalue weighted by atomic mass is 9.54. The van der Waals surface area contributed by atoms with E-state index < -0.39 is 0 Å². The Bertz CT molecular complexity index is 1010. The van der Waals surface area contributed by atoms with Crippen molar-refractivity contribution in [3.63, 3.8) is 0 Å². The summed E-state index contributed by atoms with van der Waals surface area (Å²) in [4.78, 5) is 14.0. The summed E-state index contributed by atoms with van der Waals surface area (Å²) in [7, 11) is 0. The quantitative estimate of drug-likeness (QED) is 0.504. The van der Waals surface area contributed by atoms with Gasteiger partial charge in [-0.15, -0.1) is 0 Å². The topological polar surface area (TPSA) is 64.9 Å². The van der Waals surface area contributed by atoms with E-state index in [0.717, 1.165) is 27.9 Å². The lowest BCUT2D eigenvalue weighted by Crippen LogP contribution is -2.56. The molecule has 4 aliphatic carbocycles. The van der Waals surface area contributed by atoms with Crippen molar-refractivity contribution in [1.82, 2.24) is 10.0 Å². The largest absolute Gasteiger partial charge is 0.353 e. The Kier molecular flexibility index (Phi) is 6.24. The third-order valence-electron chi connectivity index (χ3n) is 7.80. The maximum absolute atomic E-state index is 12.9. The summed E-state index contributed by atoms with van der Waals surface area (Å²) >= 11 is 1.58. The summed E-state index contributed by atoms with van der Waals surface area (Å²) in [5.41, 5.74) is 2.59. The predicted octanol–water partition coefficient (Wildman–Crippen LogP) is 5.93. The van der Waals surface area contributed by atoms with Crippen LogP contribution in [0.3, 0.4) is 0 Å². The fraction of sp³-hybridized carbons (Fsp3) is 0.500. The van der Waals surface area contributed by atoms with Gasteiger partial charge in [-0.1, -0.05) is 24.3 Å². The van der Waals surface area contributed by atoms with Gasteiger partial charge >= 0.3 is 0 Å². The lowest BCUT2D eigenvalue weighted by molar-refractivity contribution is -0.126. The first-order valence-electron chi connectivity index (χ1n) is 12.2. The molecule has 172 valence electrons. The highest BCUT2D eigenvalue weighted by Crippen LogP contribution is 2.53. The van der Waals surface area contributed by atoms with Crippen molar-refractivity contribution in [2.75, 3.05) is 0 Å². The number of hydrogen-bond acceptors (Lipinski definition) is 4. The molecule has 4 nitrogen and oxygen atoms in total. The van der Waals surface area contributed by atoms with Crippen molar-refractivity contribution >= 4 is 17.9 Å². The number of nitriles is 1. The summed E-state index contributed by atoms with van der Waals surface area (Å²) in [5, 5.41) is 12.4. The molecule has 0 spiro atoms. The van der Waals surface area contributed by atoms with Gasteiger partial charge in [0.2, 0.25) is 5.91 Å². The molecule has 0 aliphatic heterocycles. The molecule has 2 aromatic rings. The number of hydrogen-bond donors (Lipinski definition) is 2. The fourth-order valence-corrected chi connectivity index (χ4v) is 7.22. The van der Waals surface area contributed by atoms with Crippen LogP contribution in [0.25, 0.3) is 11.1 Å². The van der Waals surface area contributed by atoms with Crippen LogP contribution in [-0.4, -0.2) is 17.5 Å². The highest BCUT2D eigenvalue weighted by Gasteiger charge is 2.48. The Morgan fingerprint density at radius 1 is 0.939 bits per heavy atom. The number of amides is 1. The van der Waals surface area contributed by atoms with E-state index in [0.29, 0.717) is 29.9 Å². The Balaban J connectivity index is 1.12. The van der Waals surface area contributed by atoms with Gasteiger partial charge in [0.05, 0.1) is 11.6 Å².